The highest BCUT2D eigenvalue weighted by Crippen LogP contribution is 2.25. The van der Waals surface area contributed by atoms with E-state index in [1.54, 1.807) is 0 Å². The first-order valence-corrected chi connectivity index (χ1v) is 6.99. The lowest BCUT2D eigenvalue weighted by Gasteiger charge is -2.26. The molecular formula is C16H27N3. The Morgan fingerprint density at radius 3 is 2.53 bits per heavy atom. The molecule has 0 aliphatic heterocycles. The van der Waals surface area contributed by atoms with Crippen LogP contribution in [-0.4, -0.2) is 18.1 Å². The van der Waals surface area contributed by atoms with Crippen molar-refractivity contribution in [1.29, 1.82) is 0 Å². The Hall–Kier alpha value is -1.35. The van der Waals surface area contributed by atoms with Crippen molar-refractivity contribution in [2.75, 3.05) is 18.0 Å². The highest BCUT2D eigenvalue weighted by Gasteiger charge is 2.18. The summed E-state index contributed by atoms with van der Waals surface area (Å²) in [5.74, 6) is 1.01. The summed E-state index contributed by atoms with van der Waals surface area (Å²) in [5, 5.41) is 0. The molecule has 0 atom stereocenters. The zero-order valence-corrected chi connectivity index (χ0v) is 12.7. The molecule has 3 nitrogen and oxygen atoms in total. The van der Waals surface area contributed by atoms with Crippen LogP contribution in [0, 0.1) is 0 Å². The largest absolute Gasteiger partial charge is 0.353 e. The molecule has 0 aliphatic rings. The van der Waals surface area contributed by atoms with Crippen LogP contribution in [0.5, 0.6) is 0 Å². The number of anilines is 1. The fourth-order valence-electron chi connectivity index (χ4n) is 1.96. The van der Waals surface area contributed by atoms with Gasteiger partial charge in [-0.2, -0.15) is 0 Å². The first-order valence-electron chi connectivity index (χ1n) is 6.99. The van der Waals surface area contributed by atoms with Crippen molar-refractivity contribution in [2.45, 2.75) is 46.1 Å². The molecule has 0 fully saturated rings. The number of pyridine rings is 1. The molecule has 0 saturated heterocycles. The van der Waals surface area contributed by atoms with Crippen LogP contribution in [0.15, 0.2) is 24.8 Å². The van der Waals surface area contributed by atoms with E-state index in [4.69, 9.17) is 10.7 Å². The van der Waals surface area contributed by atoms with E-state index in [-0.39, 0.29) is 5.41 Å². The molecule has 0 unspecified atom stereocenters. The first kappa shape index (κ1) is 15.7. The minimum absolute atomic E-state index is 0.0337. The molecule has 106 valence electrons. The maximum atomic E-state index is 5.81. The topological polar surface area (TPSA) is 42.1 Å². The van der Waals surface area contributed by atoms with Gasteiger partial charge >= 0.3 is 0 Å². The van der Waals surface area contributed by atoms with Crippen molar-refractivity contribution in [3.63, 3.8) is 0 Å². The van der Waals surface area contributed by atoms with Crippen LogP contribution in [0.2, 0.25) is 0 Å². The summed E-state index contributed by atoms with van der Waals surface area (Å²) in [6.07, 6.45) is 3.01. The number of rotatable bonds is 6. The normalized spacial score (nSPS) is 11.4. The monoisotopic (exact) mass is 261 g/mol. The molecule has 3 heteroatoms. The third-order valence-electron chi connectivity index (χ3n) is 3.04. The second-order valence-corrected chi connectivity index (χ2v) is 5.91. The number of nitrogens with two attached hydrogens (primary N) is 1. The van der Waals surface area contributed by atoms with Crippen molar-refractivity contribution >= 4 is 5.82 Å². The van der Waals surface area contributed by atoms with Gasteiger partial charge in [0.2, 0.25) is 0 Å². The molecule has 2 N–H and O–H groups in total. The molecule has 19 heavy (non-hydrogen) atoms. The second kappa shape index (κ2) is 6.71. The standard InChI is InChI=1S/C16H27N3/c1-6-8-19(9-7-2)15-11-13(12-17)10-14(18-15)16(3,4)5/h6,10-11H,1,7-9,12,17H2,2-5H3. The summed E-state index contributed by atoms with van der Waals surface area (Å²) < 4.78 is 0. The van der Waals surface area contributed by atoms with E-state index >= 15 is 0 Å². The lowest BCUT2D eigenvalue weighted by atomic mass is 9.90. The predicted molar refractivity (Wildman–Crippen MR) is 83.5 cm³/mol. The summed E-state index contributed by atoms with van der Waals surface area (Å²) >= 11 is 0. The summed E-state index contributed by atoms with van der Waals surface area (Å²) in [6, 6.07) is 4.20. The van der Waals surface area contributed by atoms with Crippen LogP contribution >= 0.6 is 0 Å². The van der Waals surface area contributed by atoms with E-state index in [9.17, 15) is 0 Å². The van der Waals surface area contributed by atoms with Gasteiger partial charge < -0.3 is 10.6 Å². The number of aromatic nitrogens is 1. The molecule has 0 aromatic carbocycles. The van der Waals surface area contributed by atoms with Crippen LogP contribution in [0.1, 0.15) is 45.4 Å². The molecule has 1 rings (SSSR count). The zero-order valence-electron chi connectivity index (χ0n) is 12.7. The van der Waals surface area contributed by atoms with Crippen LogP contribution in [-0.2, 0) is 12.0 Å². The van der Waals surface area contributed by atoms with Crippen molar-refractivity contribution < 1.29 is 0 Å². The van der Waals surface area contributed by atoms with Crippen molar-refractivity contribution in [3.8, 4) is 0 Å². The highest BCUT2D eigenvalue weighted by molar-refractivity contribution is 5.44. The fraction of sp³-hybridized carbons (Fsp3) is 0.562. The summed E-state index contributed by atoms with van der Waals surface area (Å²) in [5.41, 5.74) is 8.08. The quantitative estimate of drug-likeness (QED) is 0.799. The van der Waals surface area contributed by atoms with Gasteiger partial charge in [0.05, 0.1) is 0 Å². The average Bonchev–Trinajstić information content (AvgIpc) is 2.37. The smallest absolute Gasteiger partial charge is 0.129 e. The lowest BCUT2D eigenvalue weighted by molar-refractivity contribution is 0.566. The minimum Gasteiger partial charge on any atom is -0.353 e. The van der Waals surface area contributed by atoms with Gasteiger partial charge in [-0.15, -0.1) is 6.58 Å². The van der Waals surface area contributed by atoms with Crippen molar-refractivity contribution in [3.05, 3.63) is 36.0 Å². The molecule has 1 aromatic heterocycles. The Morgan fingerprint density at radius 1 is 1.37 bits per heavy atom. The van der Waals surface area contributed by atoms with E-state index in [0.717, 1.165) is 36.6 Å². The summed E-state index contributed by atoms with van der Waals surface area (Å²) in [6.45, 7) is 14.9. The van der Waals surface area contributed by atoms with Crippen molar-refractivity contribution in [2.24, 2.45) is 5.73 Å². The molecule has 0 bridgehead atoms. The average molecular weight is 261 g/mol. The fourth-order valence-corrected chi connectivity index (χ4v) is 1.96. The predicted octanol–water partition coefficient (Wildman–Crippen LogP) is 3.24. The third kappa shape index (κ3) is 4.35. The van der Waals surface area contributed by atoms with E-state index in [1.807, 2.05) is 6.08 Å². The number of hydrogen-bond acceptors (Lipinski definition) is 3. The SMILES string of the molecule is C=CCN(CCC)c1cc(CN)cc(C(C)(C)C)n1. The molecule has 1 heterocycles. The van der Waals surface area contributed by atoms with Crippen LogP contribution in [0.4, 0.5) is 5.82 Å². The Kier molecular flexibility index (Phi) is 5.55. The maximum Gasteiger partial charge on any atom is 0.129 e. The van der Waals surface area contributed by atoms with Crippen molar-refractivity contribution in [1.82, 2.24) is 4.98 Å². The summed E-state index contributed by atoms with van der Waals surface area (Å²) in [4.78, 5) is 7.06. The highest BCUT2D eigenvalue weighted by atomic mass is 15.2. The molecule has 0 amide bonds. The molecular weight excluding hydrogens is 234 g/mol. The molecule has 0 saturated carbocycles. The lowest BCUT2D eigenvalue weighted by Crippen LogP contribution is -2.27. The van der Waals surface area contributed by atoms with Crippen LogP contribution in [0.3, 0.4) is 0 Å². The van der Waals surface area contributed by atoms with Gasteiger partial charge in [0, 0.05) is 30.7 Å². The molecule has 0 spiro atoms. The zero-order chi connectivity index (χ0) is 14.5. The Morgan fingerprint density at radius 2 is 2.05 bits per heavy atom. The van der Waals surface area contributed by atoms with Gasteiger partial charge in [0.25, 0.3) is 0 Å². The Balaban J connectivity index is 3.20. The van der Waals surface area contributed by atoms with Gasteiger partial charge in [-0.25, -0.2) is 4.98 Å². The van der Waals surface area contributed by atoms with Gasteiger partial charge in [-0.3, -0.25) is 0 Å². The molecule has 0 radical (unpaired) electrons. The van der Waals surface area contributed by atoms with Gasteiger partial charge in [0.15, 0.2) is 0 Å². The van der Waals surface area contributed by atoms with Gasteiger partial charge in [-0.1, -0.05) is 33.8 Å². The van der Waals surface area contributed by atoms with E-state index < -0.39 is 0 Å². The molecule has 1 aromatic rings. The van der Waals surface area contributed by atoms with E-state index in [2.05, 4.69) is 51.3 Å². The second-order valence-electron chi connectivity index (χ2n) is 5.91. The van der Waals surface area contributed by atoms with Gasteiger partial charge in [-0.05, 0) is 24.1 Å². The number of hydrogen-bond donors (Lipinski definition) is 1. The minimum atomic E-state index is 0.0337. The molecule has 0 aliphatic carbocycles. The van der Waals surface area contributed by atoms with Crippen LogP contribution < -0.4 is 10.6 Å². The maximum absolute atomic E-state index is 5.81. The Labute approximate surface area is 117 Å². The van der Waals surface area contributed by atoms with Crippen LogP contribution in [0.25, 0.3) is 0 Å². The van der Waals surface area contributed by atoms with E-state index in [1.165, 1.54) is 0 Å². The first-order chi connectivity index (χ1) is 8.92. The third-order valence-corrected chi connectivity index (χ3v) is 3.04. The Bertz CT molecular complexity index is 418. The number of nitrogens with zero attached hydrogens (tertiary/aromatic N) is 2. The van der Waals surface area contributed by atoms with Gasteiger partial charge in [0.1, 0.15) is 5.82 Å². The van der Waals surface area contributed by atoms with E-state index in [0.29, 0.717) is 6.54 Å². The summed E-state index contributed by atoms with van der Waals surface area (Å²) in [7, 11) is 0.